The smallest absolute Gasteiger partial charge is 0.160 e. The number of nitrogens with one attached hydrogen (secondary N) is 1. The molecule has 1 aromatic carbocycles. The lowest BCUT2D eigenvalue weighted by atomic mass is 9.68. The molecule has 0 saturated heterocycles. The number of benzene rings is 1. The van der Waals surface area contributed by atoms with Crippen LogP contribution in [0.3, 0.4) is 0 Å². The van der Waals surface area contributed by atoms with E-state index in [2.05, 4.69) is 16.4 Å². The summed E-state index contributed by atoms with van der Waals surface area (Å²) in [6.45, 7) is 3.23. The van der Waals surface area contributed by atoms with Gasteiger partial charge in [0, 0.05) is 18.7 Å². The first-order chi connectivity index (χ1) is 11.4. The molecule has 6 nitrogen and oxygen atoms in total. The number of rotatable bonds is 4. The Morgan fingerprint density at radius 3 is 2.58 bits per heavy atom. The van der Waals surface area contributed by atoms with Gasteiger partial charge in [0.05, 0.1) is 26.3 Å². The maximum absolute atomic E-state index is 12.5. The third-order valence-electron chi connectivity index (χ3n) is 4.39. The van der Waals surface area contributed by atoms with Crippen molar-refractivity contribution >= 4 is 17.2 Å². The highest BCUT2D eigenvalue weighted by Crippen LogP contribution is 2.44. The van der Waals surface area contributed by atoms with Crippen molar-refractivity contribution < 1.29 is 14.3 Å². The van der Waals surface area contributed by atoms with Crippen LogP contribution in [0.5, 0.6) is 11.5 Å². The molecule has 0 radical (unpaired) electrons. The molecule has 0 bridgehead atoms. The number of hydrogen-bond acceptors (Lipinski definition) is 5. The number of carbonyl (C=O) groups excluding carboxylic acids is 1. The van der Waals surface area contributed by atoms with E-state index < -0.39 is 11.5 Å². The number of amidine groups is 1. The van der Waals surface area contributed by atoms with Crippen molar-refractivity contribution in [1.29, 1.82) is 5.26 Å². The average molecular weight is 327 g/mol. The Labute approximate surface area is 141 Å². The minimum atomic E-state index is -1.32. The molecule has 2 rings (SSSR count). The van der Waals surface area contributed by atoms with Crippen LogP contribution in [0.4, 0.5) is 0 Å². The molecular weight excluding hydrogens is 306 g/mol. The van der Waals surface area contributed by atoms with Gasteiger partial charge in [-0.3, -0.25) is 9.79 Å². The van der Waals surface area contributed by atoms with Crippen molar-refractivity contribution in [1.82, 2.24) is 5.32 Å². The van der Waals surface area contributed by atoms with Gasteiger partial charge in [0.15, 0.2) is 11.2 Å². The van der Waals surface area contributed by atoms with Crippen molar-refractivity contribution in [2.75, 3.05) is 21.3 Å². The van der Waals surface area contributed by atoms with Crippen LogP contribution < -0.4 is 14.8 Å². The van der Waals surface area contributed by atoms with E-state index in [-0.39, 0.29) is 5.78 Å². The molecule has 126 valence electrons. The Kier molecular flexibility index (Phi) is 4.93. The molecule has 0 fully saturated rings. The van der Waals surface area contributed by atoms with E-state index in [9.17, 15) is 10.1 Å². The zero-order valence-electron chi connectivity index (χ0n) is 14.5. The number of nitriles is 1. The Hall–Kier alpha value is -2.81. The quantitative estimate of drug-likeness (QED) is 0.916. The Balaban J connectivity index is 2.78. The summed E-state index contributed by atoms with van der Waals surface area (Å²) in [5.74, 6) is 1.55. The number of methoxy groups -OCH3 is 2. The van der Waals surface area contributed by atoms with Crippen LogP contribution in [-0.4, -0.2) is 38.9 Å². The van der Waals surface area contributed by atoms with E-state index in [0.29, 0.717) is 28.5 Å². The molecule has 1 heterocycles. The first-order valence-corrected chi connectivity index (χ1v) is 7.54. The third kappa shape index (κ3) is 2.62. The van der Waals surface area contributed by atoms with E-state index in [4.69, 9.17) is 9.47 Å². The Bertz CT molecular complexity index is 761. The number of nitrogens with zero attached hydrogens (tertiary/aromatic N) is 2. The lowest BCUT2D eigenvalue weighted by Crippen LogP contribution is -2.52. The summed E-state index contributed by atoms with van der Waals surface area (Å²) in [7, 11) is 4.76. The second-order valence-corrected chi connectivity index (χ2v) is 5.58. The van der Waals surface area contributed by atoms with Gasteiger partial charge < -0.3 is 14.8 Å². The summed E-state index contributed by atoms with van der Waals surface area (Å²) in [5.41, 5.74) is -0.0795. The summed E-state index contributed by atoms with van der Waals surface area (Å²) in [6.07, 6.45) is 1.73. The van der Waals surface area contributed by atoms with E-state index in [1.165, 1.54) is 6.92 Å². The van der Waals surface area contributed by atoms with Crippen LogP contribution in [-0.2, 0) is 4.79 Å². The largest absolute Gasteiger partial charge is 0.497 e. The minimum Gasteiger partial charge on any atom is -0.497 e. The van der Waals surface area contributed by atoms with E-state index >= 15 is 0 Å². The van der Waals surface area contributed by atoms with Crippen LogP contribution >= 0.6 is 0 Å². The maximum atomic E-state index is 12.5. The lowest BCUT2D eigenvalue weighted by Gasteiger charge is -2.38. The van der Waals surface area contributed by atoms with Crippen LogP contribution in [0.25, 0.3) is 5.57 Å². The highest BCUT2D eigenvalue weighted by atomic mass is 16.5. The summed E-state index contributed by atoms with van der Waals surface area (Å²) in [4.78, 5) is 16.6. The molecule has 0 spiro atoms. The second-order valence-electron chi connectivity index (χ2n) is 5.58. The molecule has 1 aliphatic rings. The predicted octanol–water partition coefficient (Wildman–Crippen LogP) is 2.21. The van der Waals surface area contributed by atoms with Crippen molar-refractivity contribution in [2.45, 2.75) is 19.9 Å². The van der Waals surface area contributed by atoms with E-state index in [1.807, 2.05) is 0 Å². The van der Waals surface area contributed by atoms with Crippen molar-refractivity contribution in [3.63, 3.8) is 0 Å². The summed E-state index contributed by atoms with van der Waals surface area (Å²) in [5, 5.41) is 13.0. The zero-order valence-corrected chi connectivity index (χ0v) is 14.5. The van der Waals surface area contributed by atoms with Gasteiger partial charge in [0.2, 0.25) is 0 Å². The molecule has 0 amide bonds. The monoisotopic (exact) mass is 327 g/mol. The molecule has 0 aliphatic carbocycles. The fourth-order valence-corrected chi connectivity index (χ4v) is 3.03. The second kappa shape index (κ2) is 6.75. The van der Waals surface area contributed by atoms with Gasteiger partial charge in [-0.2, -0.15) is 5.26 Å². The number of carbonyl (C=O) groups is 1. The fraction of sp³-hybridized carbons (Fsp3) is 0.389. The molecule has 0 saturated carbocycles. The number of ether oxygens (including phenoxy) is 2. The number of Topliss-reactive ketones (excluding diaryl/α,β-unsaturated/α-hetero) is 1. The first kappa shape index (κ1) is 17.5. The van der Waals surface area contributed by atoms with Crippen LogP contribution in [0, 0.1) is 16.7 Å². The molecule has 24 heavy (non-hydrogen) atoms. The van der Waals surface area contributed by atoms with Gasteiger partial charge in [-0.05, 0) is 37.6 Å². The summed E-state index contributed by atoms with van der Waals surface area (Å²) < 4.78 is 10.7. The van der Waals surface area contributed by atoms with E-state index in [1.54, 1.807) is 52.5 Å². The predicted molar refractivity (Wildman–Crippen MR) is 92.2 cm³/mol. The number of hydrogen-bond donors (Lipinski definition) is 1. The minimum absolute atomic E-state index is 0.232. The Morgan fingerprint density at radius 1 is 1.38 bits per heavy atom. The van der Waals surface area contributed by atoms with Gasteiger partial charge >= 0.3 is 0 Å². The van der Waals surface area contributed by atoms with Crippen molar-refractivity contribution in [3.8, 4) is 17.6 Å². The summed E-state index contributed by atoms with van der Waals surface area (Å²) >= 11 is 0. The zero-order chi connectivity index (χ0) is 17.9. The van der Waals surface area contributed by atoms with Gasteiger partial charge in [0.25, 0.3) is 0 Å². The molecule has 1 aromatic rings. The van der Waals surface area contributed by atoms with Crippen LogP contribution in [0.1, 0.15) is 19.4 Å². The molecule has 2 unspecified atom stereocenters. The van der Waals surface area contributed by atoms with Crippen molar-refractivity contribution in [2.24, 2.45) is 10.4 Å². The van der Waals surface area contributed by atoms with Crippen LogP contribution in [0.15, 0.2) is 29.3 Å². The van der Waals surface area contributed by atoms with E-state index in [0.717, 1.165) is 0 Å². The standard InChI is InChI=1S/C18H21N3O3/c1-11-18(10-19,12(2)22)15(9-17(20-3)21-11)14-7-6-13(23-4)8-16(14)24-5/h6-9,11H,1-5H3,(H,20,21). The number of ketones is 1. The molecular formula is C18H21N3O3. The number of aliphatic imine (C=N–C) groups is 1. The van der Waals surface area contributed by atoms with Gasteiger partial charge in [-0.25, -0.2) is 0 Å². The Morgan fingerprint density at radius 2 is 2.08 bits per heavy atom. The van der Waals surface area contributed by atoms with Crippen molar-refractivity contribution in [3.05, 3.63) is 29.8 Å². The normalized spacial score (nSPS) is 24.6. The maximum Gasteiger partial charge on any atom is 0.160 e. The van der Waals surface area contributed by atoms with Gasteiger partial charge in [-0.15, -0.1) is 0 Å². The fourth-order valence-electron chi connectivity index (χ4n) is 3.03. The van der Waals surface area contributed by atoms with Crippen LogP contribution in [0.2, 0.25) is 0 Å². The highest BCUT2D eigenvalue weighted by Gasteiger charge is 2.49. The topological polar surface area (TPSA) is 83.7 Å². The third-order valence-corrected chi connectivity index (χ3v) is 4.39. The average Bonchev–Trinajstić information content (AvgIpc) is 2.60. The highest BCUT2D eigenvalue weighted by molar-refractivity contribution is 6.11. The van der Waals surface area contributed by atoms with Gasteiger partial charge in [0.1, 0.15) is 17.3 Å². The lowest BCUT2D eigenvalue weighted by molar-refractivity contribution is -0.122. The first-order valence-electron chi connectivity index (χ1n) is 7.54. The molecule has 2 atom stereocenters. The summed E-state index contributed by atoms with van der Waals surface area (Å²) in [6, 6.07) is 7.09. The SMILES string of the molecule is CN=C1C=C(c2ccc(OC)cc2OC)C(C#N)(C(C)=O)C(C)N1. The molecule has 6 heteroatoms. The van der Waals surface area contributed by atoms with Gasteiger partial charge in [-0.1, -0.05) is 0 Å². The molecule has 1 N–H and O–H groups in total. The molecule has 1 aliphatic heterocycles. The molecule has 0 aromatic heterocycles.